The standard InChI is InChI=1S/C16H17ClFN3O2/c17-12-4-3-10(8-13(12)18)19-7-5-11(9-19)21-15(22)14-2-1-6-20(14)16(21)23/h3-4,8,11,14H,1-2,5-7,9H2/t11-,14-/m1/s1. The highest BCUT2D eigenvalue weighted by atomic mass is 35.5. The summed E-state index contributed by atoms with van der Waals surface area (Å²) in [6, 6.07) is 4.13. The lowest BCUT2D eigenvalue weighted by molar-refractivity contribution is -0.129. The molecule has 3 amide bonds. The van der Waals surface area contributed by atoms with E-state index in [0.29, 0.717) is 26.1 Å². The minimum absolute atomic E-state index is 0.0679. The molecule has 0 radical (unpaired) electrons. The Morgan fingerprint density at radius 1 is 1.17 bits per heavy atom. The monoisotopic (exact) mass is 337 g/mol. The van der Waals surface area contributed by atoms with Gasteiger partial charge >= 0.3 is 6.03 Å². The van der Waals surface area contributed by atoms with Crippen molar-refractivity contribution in [2.45, 2.75) is 31.3 Å². The van der Waals surface area contributed by atoms with Gasteiger partial charge in [0.25, 0.3) is 5.91 Å². The predicted octanol–water partition coefficient (Wildman–Crippen LogP) is 2.48. The zero-order chi connectivity index (χ0) is 16.1. The van der Waals surface area contributed by atoms with Gasteiger partial charge in [0.05, 0.1) is 11.1 Å². The Bertz CT molecular complexity index is 661. The summed E-state index contributed by atoms with van der Waals surface area (Å²) in [5.74, 6) is -0.525. The molecule has 7 heteroatoms. The maximum Gasteiger partial charge on any atom is 0.327 e. The molecule has 3 heterocycles. The molecule has 3 aliphatic heterocycles. The van der Waals surface area contributed by atoms with E-state index in [0.717, 1.165) is 18.5 Å². The molecular formula is C16H17ClFN3O2. The van der Waals surface area contributed by atoms with Gasteiger partial charge in [-0.3, -0.25) is 9.69 Å². The Labute approximate surface area is 138 Å². The molecule has 0 unspecified atom stereocenters. The molecule has 23 heavy (non-hydrogen) atoms. The number of hydrogen-bond acceptors (Lipinski definition) is 3. The van der Waals surface area contributed by atoms with Crippen molar-refractivity contribution in [3.8, 4) is 0 Å². The highest BCUT2D eigenvalue weighted by molar-refractivity contribution is 6.30. The molecule has 0 saturated carbocycles. The van der Waals surface area contributed by atoms with Crippen molar-refractivity contribution in [2.24, 2.45) is 0 Å². The first kappa shape index (κ1) is 14.8. The van der Waals surface area contributed by atoms with Crippen molar-refractivity contribution in [3.05, 3.63) is 29.0 Å². The van der Waals surface area contributed by atoms with Crippen molar-refractivity contribution in [1.29, 1.82) is 0 Å². The molecule has 0 spiro atoms. The van der Waals surface area contributed by atoms with Crippen LogP contribution in [-0.4, -0.2) is 53.5 Å². The Morgan fingerprint density at radius 3 is 2.74 bits per heavy atom. The molecule has 1 aromatic rings. The van der Waals surface area contributed by atoms with Gasteiger partial charge in [-0.25, -0.2) is 9.18 Å². The van der Waals surface area contributed by atoms with Crippen LogP contribution in [-0.2, 0) is 4.79 Å². The quantitative estimate of drug-likeness (QED) is 0.779. The van der Waals surface area contributed by atoms with Gasteiger partial charge in [-0.2, -0.15) is 0 Å². The van der Waals surface area contributed by atoms with Crippen LogP contribution in [0.4, 0.5) is 14.9 Å². The van der Waals surface area contributed by atoms with Gasteiger partial charge in [-0.05, 0) is 37.5 Å². The molecule has 0 bridgehead atoms. The number of amides is 3. The summed E-state index contributed by atoms with van der Waals surface area (Å²) in [5, 5.41) is 0.0926. The van der Waals surface area contributed by atoms with E-state index in [1.165, 1.54) is 17.0 Å². The second-order valence-electron chi connectivity index (χ2n) is 6.33. The molecule has 5 nitrogen and oxygen atoms in total. The Hall–Kier alpha value is -1.82. The molecule has 0 N–H and O–H groups in total. The van der Waals surface area contributed by atoms with E-state index in [4.69, 9.17) is 11.6 Å². The summed E-state index contributed by atoms with van der Waals surface area (Å²) in [5.41, 5.74) is 0.731. The highest BCUT2D eigenvalue weighted by Crippen LogP contribution is 2.32. The van der Waals surface area contributed by atoms with E-state index < -0.39 is 5.82 Å². The Morgan fingerprint density at radius 2 is 2.00 bits per heavy atom. The lowest BCUT2D eigenvalue weighted by atomic mass is 10.2. The van der Waals surface area contributed by atoms with Crippen LogP contribution < -0.4 is 4.90 Å². The van der Waals surface area contributed by atoms with Crippen molar-refractivity contribution in [1.82, 2.24) is 9.80 Å². The summed E-state index contributed by atoms with van der Waals surface area (Å²) in [7, 11) is 0. The maximum atomic E-state index is 13.6. The first-order valence-electron chi connectivity index (χ1n) is 7.90. The summed E-state index contributed by atoms with van der Waals surface area (Å²) >= 11 is 5.72. The van der Waals surface area contributed by atoms with Crippen LogP contribution in [0, 0.1) is 5.82 Å². The van der Waals surface area contributed by atoms with E-state index in [1.807, 2.05) is 4.90 Å². The smallest absolute Gasteiger partial charge is 0.327 e. The fourth-order valence-corrected chi connectivity index (χ4v) is 3.97. The van der Waals surface area contributed by atoms with Crippen LogP contribution >= 0.6 is 11.6 Å². The second-order valence-corrected chi connectivity index (χ2v) is 6.74. The molecule has 1 aromatic carbocycles. The molecule has 3 saturated heterocycles. The van der Waals surface area contributed by atoms with Crippen LogP contribution in [0.25, 0.3) is 0 Å². The number of anilines is 1. The predicted molar refractivity (Wildman–Crippen MR) is 84.0 cm³/mol. The number of imide groups is 1. The summed E-state index contributed by atoms with van der Waals surface area (Å²) in [4.78, 5) is 30.1. The van der Waals surface area contributed by atoms with E-state index >= 15 is 0 Å². The van der Waals surface area contributed by atoms with E-state index in [9.17, 15) is 14.0 Å². The molecule has 3 aliphatic rings. The molecule has 4 rings (SSSR count). The number of halogens is 2. The van der Waals surface area contributed by atoms with Gasteiger partial charge in [0.2, 0.25) is 0 Å². The molecule has 122 valence electrons. The number of urea groups is 1. The van der Waals surface area contributed by atoms with Crippen molar-refractivity contribution in [2.75, 3.05) is 24.5 Å². The number of fused-ring (bicyclic) bond motifs is 1. The Balaban J connectivity index is 1.51. The van der Waals surface area contributed by atoms with E-state index in [-0.39, 0.29) is 29.0 Å². The zero-order valence-electron chi connectivity index (χ0n) is 12.5. The fraction of sp³-hybridized carbons (Fsp3) is 0.500. The third-order valence-corrected chi connectivity index (χ3v) is 5.33. The first-order valence-corrected chi connectivity index (χ1v) is 8.28. The number of nitrogens with zero attached hydrogens (tertiary/aromatic N) is 3. The highest BCUT2D eigenvalue weighted by Gasteiger charge is 2.50. The van der Waals surface area contributed by atoms with Crippen LogP contribution in [0.15, 0.2) is 18.2 Å². The minimum atomic E-state index is -0.457. The SMILES string of the molecule is O=C1[C@H]2CCCN2C(=O)N1[C@@H]1CCN(c2ccc(Cl)c(F)c2)C1. The van der Waals surface area contributed by atoms with Crippen molar-refractivity contribution >= 4 is 29.2 Å². The van der Waals surface area contributed by atoms with Gasteiger partial charge in [-0.1, -0.05) is 11.6 Å². The fourth-order valence-electron chi connectivity index (χ4n) is 3.85. The maximum absolute atomic E-state index is 13.6. The zero-order valence-corrected chi connectivity index (χ0v) is 13.3. The summed E-state index contributed by atoms with van der Waals surface area (Å²) in [6.45, 7) is 1.90. The van der Waals surface area contributed by atoms with Crippen LogP contribution in [0.5, 0.6) is 0 Å². The molecule has 2 atom stereocenters. The van der Waals surface area contributed by atoms with E-state index in [2.05, 4.69) is 0 Å². The number of carbonyl (C=O) groups excluding carboxylic acids is 2. The Kier molecular flexibility index (Phi) is 3.44. The number of hydrogen-bond donors (Lipinski definition) is 0. The second kappa shape index (κ2) is 5.37. The summed E-state index contributed by atoms with van der Waals surface area (Å²) in [6.07, 6.45) is 2.37. The van der Waals surface area contributed by atoms with E-state index in [1.54, 1.807) is 11.0 Å². The summed E-state index contributed by atoms with van der Waals surface area (Å²) < 4.78 is 13.6. The van der Waals surface area contributed by atoms with Crippen LogP contribution in [0.2, 0.25) is 5.02 Å². The topological polar surface area (TPSA) is 43.9 Å². The normalized spacial score (nSPS) is 27.3. The lowest BCUT2D eigenvalue weighted by Gasteiger charge is -2.24. The number of carbonyl (C=O) groups is 2. The van der Waals surface area contributed by atoms with Crippen LogP contribution in [0.3, 0.4) is 0 Å². The van der Waals surface area contributed by atoms with Gasteiger partial charge in [0, 0.05) is 25.3 Å². The number of rotatable bonds is 2. The van der Waals surface area contributed by atoms with Crippen molar-refractivity contribution in [3.63, 3.8) is 0 Å². The van der Waals surface area contributed by atoms with Gasteiger partial charge in [-0.15, -0.1) is 0 Å². The molecule has 3 fully saturated rings. The first-order chi connectivity index (χ1) is 11.1. The third-order valence-electron chi connectivity index (χ3n) is 5.02. The molecule has 0 aliphatic carbocycles. The average Bonchev–Trinajstić information content (AvgIpc) is 3.22. The number of benzene rings is 1. The minimum Gasteiger partial charge on any atom is -0.369 e. The van der Waals surface area contributed by atoms with Gasteiger partial charge in [0.1, 0.15) is 11.9 Å². The van der Waals surface area contributed by atoms with Crippen molar-refractivity contribution < 1.29 is 14.0 Å². The largest absolute Gasteiger partial charge is 0.369 e. The molecule has 0 aromatic heterocycles. The lowest BCUT2D eigenvalue weighted by Crippen LogP contribution is -2.43. The van der Waals surface area contributed by atoms with Gasteiger partial charge in [0.15, 0.2) is 0 Å². The average molecular weight is 338 g/mol. The van der Waals surface area contributed by atoms with Crippen LogP contribution in [0.1, 0.15) is 19.3 Å². The van der Waals surface area contributed by atoms with Gasteiger partial charge < -0.3 is 9.80 Å². The molecular weight excluding hydrogens is 321 g/mol. The third kappa shape index (κ3) is 2.27.